The van der Waals surface area contributed by atoms with Crippen molar-refractivity contribution in [2.75, 3.05) is 27.6 Å². The number of carbonyl (C=O) groups is 3. The maximum absolute atomic E-state index is 12.9. The van der Waals surface area contributed by atoms with Gasteiger partial charge in [0.25, 0.3) is 0 Å². The molecule has 1 atom stereocenters. The van der Waals surface area contributed by atoms with Crippen molar-refractivity contribution < 1.29 is 28.6 Å². The molecule has 0 saturated carbocycles. The van der Waals surface area contributed by atoms with Crippen LogP contribution in [-0.4, -0.2) is 50.4 Å². The molecule has 2 aliphatic heterocycles. The first-order valence-corrected chi connectivity index (χ1v) is 10.5. The molecule has 29 heavy (non-hydrogen) atoms. The summed E-state index contributed by atoms with van der Waals surface area (Å²) in [4.78, 5) is 39.9. The first-order valence-electron chi connectivity index (χ1n) is 8.49. The lowest BCUT2D eigenvalue weighted by Gasteiger charge is -2.35. The lowest BCUT2D eigenvalue weighted by molar-refractivity contribution is -0.140. The van der Waals surface area contributed by atoms with Crippen LogP contribution in [0.15, 0.2) is 50.9 Å². The van der Waals surface area contributed by atoms with E-state index in [4.69, 9.17) is 14.2 Å². The molecule has 0 amide bonds. The quantitative estimate of drug-likeness (QED) is 0.525. The highest BCUT2D eigenvalue weighted by molar-refractivity contribution is 8.24. The molecule has 0 bridgehead atoms. The van der Waals surface area contributed by atoms with E-state index in [1.807, 2.05) is 30.3 Å². The Labute approximate surface area is 176 Å². The van der Waals surface area contributed by atoms with Crippen LogP contribution in [0.1, 0.15) is 17.2 Å². The van der Waals surface area contributed by atoms with Crippen molar-refractivity contribution in [1.29, 1.82) is 0 Å². The van der Waals surface area contributed by atoms with E-state index in [1.54, 1.807) is 17.4 Å². The number of thioether (sulfide) groups is 2. The molecular weight excluding hydrogens is 414 g/mol. The van der Waals surface area contributed by atoms with Crippen molar-refractivity contribution in [3.05, 3.63) is 62.0 Å². The zero-order chi connectivity index (χ0) is 21.1. The third-order valence-electron chi connectivity index (χ3n) is 4.49. The molecule has 2 aliphatic rings. The number of fused-ring (bicyclic) bond motifs is 3. The minimum absolute atomic E-state index is 0.0720. The van der Waals surface area contributed by atoms with E-state index in [1.165, 1.54) is 33.1 Å². The lowest BCUT2D eigenvalue weighted by atomic mass is 9.90. The van der Waals surface area contributed by atoms with Crippen molar-refractivity contribution >= 4 is 47.5 Å². The largest absolute Gasteiger partial charge is 0.466 e. The second-order valence-corrected chi connectivity index (χ2v) is 8.01. The summed E-state index contributed by atoms with van der Waals surface area (Å²) in [6, 6.07) is 6.68. The van der Waals surface area contributed by atoms with E-state index in [-0.39, 0.29) is 16.2 Å². The number of methoxy groups -OCH3 is 3. The van der Waals surface area contributed by atoms with Crippen LogP contribution in [0.4, 0.5) is 0 Å². The molecule has 9 heteroatoms. The molecule has 1 unspecified atom stereocenters. The monoisotopic (exact) mass is 433 g/mol. The summed E-state index contributed by atoms with van der Waals surface area (Å²) in [6.07, 6.45) is 5.33. The number of carbonyl (C=O) groups excluding carboxylic acids is 3. The van der Waals surface area contributed by atoms with Crippen molar-refractivity contribution in [3.8, 4) is 0 Å². The van der Waals surface area contributed by atoms with Crippen molar-refractivity contribution in [2.45, 2.75) is 6.04 Å². The van der Waals surface area contributed by atoms with Crippen LogP contribution in [0, 0.1) is 0 Å². The Morgan fingerprint density at radius 1 is 1.00 bits per heavy atom. The SMILES string of the molecule is COC(=O)C1=C(C(=O)OC)C2c3ccccc3C=CN2C(C(=O)OC)=C(SC)S1. The molecule has 0 aliphatic carbocycles. The maximum atomic E-state index is 12.9. The van der Waals surface area contributed by atoms with Gasteiger partial charge in [0.2, 0.25) is 0 Å². The molecular formula is C20H19NO6S2. The summed E-state index contributed by atoms with van der Waals surface area (Å²) < 4.78 is 15.5. The van der Waals surface area contributed by atoms with Gasteiger partial charge >= 0.3 is 17.9 Å². The molecule has 0 aromatic heterocycles. The van der Waals surface area contributed by atoms with Gasteiger partial charge in [0, 0.05) is 6.20 Å². The van der Waals surface area contributed by atoms with Gasteiger partial charge in [-0.2, -0.15) is 0 Å². The number of hydrogen-bond donors (Lipinski definition) is 0. The van der Waals surface area contributed by atoms with Crippen LogP contribution in [0.2, 0.25) is 0 Å². The average Bonchev–Trinajstić information content (AvgIpc) is 2.91. The predicted molar refractivity (Wildman–Crippen MR) is 111 cm³/mol. The fourth-order valence-electron chi connectivity index (χ4n) is 3.21. The highest BCUT2D eigenvalue weighted by Gasteiger charge is 2.43. The fraction of sp³-hybridized carbons (Fsp3) is 0.250. The van der Waals surface area contributed by atoms with E-state index in [9.17, 15) is 14.4 Å². The Bertz CT molecular complexity index is 965. The minimum Gasteiger partial charge on any atom is -0.466 e. The second-order valence-electron chi connectivity index (χ2n) is 5.91. The molecule has 1 aromatic carbocycles. The van der Waals surface area contributed by atoms with Gasteiger partial charge in [-0.25, -0.2) is 14.4 Å². The Hall–Kier alpha value is -2.65. The Kier molecular flexibility index (Phi) is 6.39. The van der Waals surface area contributed by atoms with E-state index >= 15 is 0 Å². The summed E-state index contributed by atoms with van der Waals surface area (Å²) in [5, 5.41) is 0. The number of benzene rings is 1. The topological polar surface area (TPSA) is 82.1 Å². The fourth-order valence-corrected chi connectivity index (χ4v) is 5.12. The Morgan fingerprint density at radius 2 is 1.66 bits per heavy atom. The number of hydrogen-bond acceptors (Lipinski definition) is 9. The molecule has 152 valence electrons. The first kappa shape index (κ1) is 21.1. The molecule has 7 nitrogen and oxygen atoms in total. The van der Waals surface area contributed by atoms with Gasteiger partial charge in [-0.1, -0.05) is 36.0 Å². The van der Waals surface area contributed by atoms with Crippen LogP contribution < -0.4 is 0 Å². The summed E-state index contributed by atoms with van der Waals surface area (Å²) in [7, 11) is 3.78. The Morgan fingerprint density at radius 3 is 2.28 bits per heavy atom. The van der Waals surface area contributed by atoms with Gasteiger partial charge in [0.05, 0.1) is 37.2 Å². The van der Waals surface area contributed by atoms with E-state index < -0.39 is 23.9 Å². The number of esters is 3. The van der Waals surface area contributed by atoms with Gasteiger partial charge < -0.3 is 19.1 Å². The molecule has 1 aromatic rings. The average molecular weight is 434 g/mol. The molecule has 0 spiro atoms. The smallest absolute Gasteiger partial charge is 0.356 e. The number of rotatable bonds is 4. The Balaban J connectivity index is 2.39. The van der Waals surface area contributed by atoms with Crippen molar-refractivity contribution in [1.82, 2.24) is 4.90 Å². The van der Waals surface area contributed by atoms with Crippen LogP contribution >= 0.6 is 23.5 Å². The summed E-state index contributed by atoms with van der Waals surface area (Å²) in [6.45, 7) is 0. The van der Waals surface area contributed by atoms with E-state index in [0.29, 0.717) is 4.24 Å². The molecule has 0 N–H and O–H groups in total. The summed E-state index contributed by atoms with van der Waals surface area (Å²) in [5.74, 6) is -1.93. The number of nitrogens with zero attached hydrogens (tertiary/aromatic N) is 1. The van der Waals surface area contributed by atoms with Crippen LogP contribution in [0.5, 0.6) is 0 Å². The standard InChI is InChI=1S/C20H19NO6S2/c1-25-17(22)13-14-12-8-6-5-7-11(12)9-10-21(14)15(18(23)26-2)20(28-4)29-16(13)19(24)27-3/h5-10,14H,1-4H3. The number of ether oxygens (including phenoxy) is 3. The van der Waals surface area contributed by atoms with Crippen LogP contribution in [0.3, 0.4) is 0 Å². The van der Waals surface area contributed by atoms with Gasteiger partial charge in [-0.3, -0.25) is 0 Å². The molecule has 0 fully saturated rings. The highest BCUT2D eigenvalue weighted by atomic mass is 32.2. The molecule has 0 radical (unpaired) electrons. The second kappa shape index (κ2) is 8.79. The zero-order valence-electron chi connectivity index (χ0n) is 16.3. The third kappa shape index (κ3) is 3.67. The first-order chi connectivity index (χ1) is 14.0. The molecule has 3 rings (SSSR count). The van der Waals surface area contributed by atoms with E-state index in [2.05, 4.69) is 0 Å². The molecule has 0 saturated heterocycles. The van der Waals surface area contributed by atoms with Gasteiger partial charge in [0.1, 0.15) is 10.6 Å². The molecule has 2 heterocycles. The third-order valence-corrected chi connectivity index (χ3v) is 6.77. The van der Waals surface area contributed by atoms with Gasteiger partial charge in [-0.15, -0.1) is 11.8 Å². The highest BCUT2D eigenvalue weighted by Crippen LogP contribution is 2.50. The van der Waals surface area contributed by atoms with Crippen molar-refractivity contribution in [2.24, 2.45) is 0 Å². The van der Waals surface area contributed by atoms with Gasteiger partial charge in [0.15, 0.2) is 0 Å². The van der Waals surface area contributed by atoms with Crippen LogP contribution in [-0.2, 0) is 28.6 Å². The lowest BCUT2D eigenvalue weighted by Crippen LogP contribution is -2.34. The maximum Gasteiger partial charge on any atom is 0.356 e. The van der Waals surface area contributed by atoms with Gasteiger partial charge in [-0.05, 0) is 23.5 Å². The van der Waals surface area contributed by atoms with Crippen LogP contribution in [0.25, 0.3) is 6.08 Å². The minimum atomic E-state index is -0.760. The summed E-state index contributed by atoms with van der Waals surface area (Å²) in [5.41, 5.74) is 1.95. The summed E-state index contributed by atoms with van der Waals surface area (Å²) >= 11 is 2.27. The zero-order valence-corrected chi connectivity index (χ0v) is 17.9. The normalized spacial score (nSPS) is 17.9. The van der Waals surface area contributed by atoms with Crippen molar-refractivity contribution in [3.63, 3.8) is 0 Å². The predicted octanol–water partition coefficient (Wildman–Crippen LogP) is 3.07. The van der Waals surface area contributed by atoms with E-state index in [0.717, 1.165) is 22.9 Å².